The predicted molar refractivity (Wildman–Crippen MR) is 122 cm³/mol. The van der Waals surface area contributed by atoms with Gasteiger partial charge < -0.3 is 4.74 Å². The first-order valence-corrected chi connectivity index (χ1v) is 11.6. The van der Waals surface area contributed by atoms with Crippen molar-refractivity contribution in [3.05, 3.63) is 108 Å². The normalized spacial score (nSPS) is 11.9. The molecule has 4 aromatic rings. The second kappa shape index (κ2) is 9.66. The van der Waals surface area contributed by atoms with Crippen LogP contribution in [0, 0.1) is 0 Å². The van der Waals surface area contributed by atoms with E-state index in [2.05, 4.69) is 9.71 Å². The Labute approximate surface area is 194 Å². The van der Waals surface area contributed by atoms with E-state index in [4.69, 9.17) is 4.74 Å². The van der Waals surface area contributed by atoms with Gasteiger partial charge in [-0.1, -0.05) is 42.5 Å². The molecule has 0 aliphatic carbocycles. The molecule has 0 atom stereocenters. The first-order valence-electron chi connectivity index (χ1n) is 10.2. The van der Waals surface area contributed by atoms with E-state index in [9.17, 15) is 21.6 Å². The Morgan fingerprint density at radius 1 is 0.824 bits per heavy atom. The highest BCUT2D eigenvalue weighted by molar-refractivity contribution is 7.89. The van der Waals surface area contributed by atoms with Crippen LogP contribution in [0.3, 0.4) is 0 Å². The number of aromatic nitrogens is 1. The Bertz CT molecular complexity index is 1370. The van der Waals surface area contributed by atoms with E-state index in [-0.39, 0.29) is 11.4 Å². The maximum atomic E-state index is 13.0. The van der Waals surface area contributed by atoms with Crippen LogP contribution < -0.4 is 9.46 Å². The molecule has 0 fully saturated rings. The molecule has 34 heavy (non-hydrogen) atoms. The summed E-state index contributed by atoms with van der Waals surface area (Å²) in [5.74, 6) is 0.932. The SMILES string of the molecule is O=S(=O)(NCc1cccc(Oc2ccccn2)c1)c1ccc(-c2cccc(C(F)(F)F)c2)cc1. The number of pyridine rings is 1. The Hall–Kier alpha value is -3.69. The summed E-state index contributed by atoms with van der Waals surface area (Å²) >= 11 is 0. The number of sulfonamides is 1. The summed E-state index contributed by atoms with van der Waals surface area (Å²) in [4.78, 5) is 4.09. The maximum Gasteiger partial charge on any atom is 0.416 e. The van der Waals surface area contributed by atoms with E-state index in [1.54, 1.807) is 48.7 Å². The molecule has 1 aromatic heterocycles. The molecule has 174 valence electrons. The Balaban J connectivity index is 1.45. The average molecular weight is 484 g/mol. The molecule has 0 amide bonds. The molecular weight excluding hydrogens is 465 g/mol. The largest absolute Gasteiger partial charge is 0.439 e. The van der Waals surface area contributed by atoms with Crippen molar-refractivity contribution in [2.75, 3.05) is 0 Å². The van der Waals surface area contributed by atoms with E-state index in [1.165, 1.54) is 36.4 Å². The maximum absolute atomic E-state index is 13.0. The summed E-state index contributed by atoms with van der Waals surface area (Å²) in [5, 5.41) is 0. The van der Waals surface area contributed by atoms with Crippen LogP contribution in [0.4, 0.5) is 13.2 Å². The molecule has 0 saturated carbocycles. The van der Waals surface area contributed by atoms with Crippen molar-refractivity contribution in [2.45, 2.75) is 17.6 Å². The summed E-state index contributed by atoms with van der Waals surface area (Å²) < 4.78 is 72.5. The topological polar surface area (TPSA) is 68.3 Å². The van der Waals surface area contributed by atoms with Crippen molar-refractivity contribution in [2.24, 2.45) is 0 Å². The first-order chi connectivity index (χ1) is 16.2. The minimum absolute atomic E-state index is 0.00381. The number of nitrogens with one attached hydrogen (secondary N) is 1. The molecule has 0 unspecified atom stereocenters. The van der Waals surface area contributed by atoms with Crippen LogP contribution in [0.5, 0.6) is 11.6 Å². The molecule has 9 heteroatoms. The molecule has 5 nitrogen and oxygen atoms in total. The quantitative estimate of drug-likeness (QED) is 0.347. The molecule has 0 aliphatic heterocycles. The van der Waals surface area contributed by atoms with Crippen LogP contribution in [0.1, 0.15) is 11.1 Å². The molecule has 0 saturated heterocycles. The van der Waals surface area contributed by atoms with Gasteiger partial charge in [0.1, 0.15) is 5.75 Å². The van der Waals surface area contributed by atoms with Gasteiger partial charge in [0.15, 0.2) is 0 Å². The summed E-state index contributed by atoms with van der Waals surface area (Å²) in [6.45, 7) is 0.0249. The highest BCUT2D eigenvalue weighted by atomic mass is 32.2. The fraction of sp³-hybridized carbons (Fsp3) is 0.0800. The Kier molecular flexibility index (Phi) is 6.67. The van der Waals surface area contributed by atoms with Crippen LogP contribution in [-0.4, -0.2) is 13.4 Å². The number of halogens is 3. The van der Waals surface area contributed by atoms with Crippen LogP contribution >= 0.6 is 0 Å². The van der Waals surface area contributed by atoms with Crippen molar-refractivity contribution < 1.29 is 26.3 Å². The highest BCUT2D eigenvalue weighted by Gasteiger charge is 2.30. The molecule has 0 aliphatic rings. The van der Waals surface area contributed by atoms with Gasteiger partial charge >= 0.3 is 6.18 Å². The van der Waals surface area contributed by atoms with Gasteiger partial charge in [0.05, 0.1) is 10.5 Å². The fourth-order valence-corrected chi connectivity index (χ4v) is 4.23. The monoisotopic (exact) mass is 484 g/mol. The lowest BCUT2D eigenvalue weighted by Crippen LogP contribution is -2.23. The second-order valence-corrected chi connectivity index (χ2v) is 9.11. The van der Waals surface area contributed by atoms with Gasteiger partial charge in [-0.2, -0.15) is 13.2 Å². The lowest BCUT2D eigenvalue weighted by Gasteiger charge is -2.11. The molecule has 0 bridgehead atoms. The van der Waals surface area contributed by atoms with Crippen molar-refractivity contribution in [3.8, 4) is 22.8 Å². The molecular formula is C25H19F3N2O3S. The Morgan fingerprint density at radius 2 is 1.59 bits per heavy atom. The van der Waals surface area contributed by atoms with Gasteiger partial charge in [-0.05, 0) is 59.2 Å². The van der Waals surface area contributed by atoms with Crippen LogP contribution in [-0.2, 0) is 22.7 Å². The third-order valence-electron chi connectivity index (χ3n) is 4.91. The number of hydrogen-bond acceptors (Lipinski definition) is 4. The van der Waals surface area contributed by atoms with E-state index in [0.717, 1.165) is 12.1 Å². The number of benzene rings is 3. The van der Waals surface area contributed by atoms with Crippen molar-refractivity contribution >= 4 is 10.0 Å². The fourth-order valence-electron chi connectivity index (χ4n) is 3.21. The second-order valence-electron chi connectivity index (χ2n) is 7.34. The van der Waals surface area contributed by atoms with Gasteiger partial charge in [-0.3, -0.25) is 0 Å². The zero-order chi connectivity index (χ0) is 24.2. The minimum Gasteiger partial charge on any atom is -0.439 e. The van der Waals surface area contributed by atoms with Crippen LogP contribution in [0.15, 0.2) is 102 Å². The number of alkyl halides is 3. The molecule has 1 heterocycles. The van der Waals surface area contributed by atoms with E-state index < -0.39 is 21.8 Å². The van der Waals surface area contributed by atoms with Crippen LogP contribution in [0.2, 0.25) is 0 Å². The van der Waals surface area contributed by atoms with Gasteiger partial charge in [-0.15, -0.1) is 0 Å². The van der Waals surface area contributed by atoms with Gasteiger partial charge in [0, 0.05) is 18.8 Å². The molecule has 1 N–H and O–H groups in total. The predicted octanol–water partition coefficient (Wildman–Crippen LogP) is 6.04. The highest BCUT2D eigenvalue weighted by Crippen LogP contribution is 2.32. The van der Waals surface area contributed by atoms with E-state index in [1.807, 2.05) is 0 Å². The third-order valence-corrected chi connectivity index (χ3v) is 6.33. The lowest BCUT2D eigenvalue weighted by atomic mass is 10.0. The van der Waals surface area contributed by atoms with Crippen molar-refractivity contribution in [3.63, 3.8) is 0 Å². The zero-order valence-electron chi connectivity index (χ0n) is 17.7. The molecule has 3 aromatic carbocycles. The lowest BCUT2D eigenvalue weighted by molar-refractivity contribution is -0.137. The summed E-state index contributed by atoms with van der Waals surface area (Å²) in [6, 6.07) is 22.7. The van der Waals surface area contributed by atoms with Gasteiger partial charge in [0.25, 0.3) is 0 Å². The number of nitrogens with zero attached hydrogens (tertiary/aromatic N) is 1. The third kappa shape index (κ3) is 5.81. The van der Waals surface area contributed by atoms with Crippen molar-refractivity contribution in [1.82, 2.24) is 9.71 Å². The Morgan fingerprint density at radius 3 is 2.29 bits per heavy atom. The summed E-state index contributed by atoms with van der Waals surface area (Å²) in [7, 11) is -3.84. The minimum atomic E-state index is -4.46. The molecule has 0 radical (unpaired) electrons. The smallest absolute Gasteiger partial charge is 0.416 e. The van der Waals surface area contributed by atoms with Crippen LogP contribution in [0.25, 0.3) is 11.1 Å². The standard InChI is InChI=1S/C25H19F3N2O3S/c26-25(27,28)21-7-4-6-20(16-21)19-10-12-23(13-11-19)34(31,32)30-17-18-5-3-8-22(15-18)33-24-9-1-2-14-29-24/h1-16,30H,17H2. The summed E-state index contributed by atoms with van der Waals surface area (Å²) in [6.07, 6.45) is -2.85. The number of hydrogen-bond donors (Lipinski definition) is 1. The van der Waals surface area contributed by atoms with Gasteiger partial charge in [-0.25, -0.2) is 18.1 Å². The van der Waals surface area contributed by atoms with E-state index in [0.29, 0.717) is 28.3 Å². The van der Waals surface area contributed by atoms with Gasteiger partial charge in [0.2, 0.25) is 15.9 Å². The molecule has 4 rings (SSSR count). The summed E-state index contributed by atoms with van der Waals surface area (Å²) in [5.41, 5.74) is 0.732. The van der Waals surface area contributed by atoms with E-state index >= 15 is 0 Å². The number of ether oxygens (including phenoxy) is 1. The number of rotatable bonds is 7. The van der Waals surface area contributed by atoms with Crippen molar-refractivity contribution in [1.29, 1.82) is 0 Å². The first kappa shape index (κ1) is 23.5. The molecule has 0 spiro atoms. The zero-order valence-corrected chi connectivity index (χ0v) is 18.5. The average Bonchev–Trinajstić information content (AvgIpc) is 2.83.